The number of aliphatic hydroxyl groups excluding tert-OH is 1. The molecule has 1 fully saturated rings. The first-order chi connectivity index (χ1) is 16.7. The third-order valence-corrected chi connectivity index (χ3v) is 6.01. The number of halogens is 3. The number of anilines is 1. The Morgan fingerprint density at radius 3 is 2.74 bits per heavy atom. The Morgan fingerprint density at radius 2 is 2.09 bits per heavy atom. The Morgan fingerprint density at radius 1 is 1.34 bits per heavy atom. The number of aliphatic hydroxyl groups is 1. The Labute approximate surface area is 199 Å². The number of H-pyrrole nitrogens is 1. The monoisotopic (exact) mass is 487 g/mol. The number of carbonyl (C=O) groups excluding carboxylic acids is 1. The van der Waals surface area contributed by atoms with Gasteiger partial charge in [0.05, 0.1) is 35.5 Å². The largest absolute Gasteiger partial charge is 0.417 e. The van der Waals surface area contributed by atoms with Crippen LogP contribution in [0.2, 0.25) is 0 Å². The lowest BCUT2D eigenvalue weighted by atomic mass is 9.96. The van der Waals surface area contributed by atoms with Crippen LogP contribution in [0.3, 0.4) is 0 Å². The molecule has 0 radical (unpaired) electrons. The normalized spacial score (nSPS) is 15.7. The van der Waals surface area contributed by atoms with Crippen LogP contribution >= 0.6 is 0 Å². The summed E-state index contributed by atoms with van der Waals surface area (Å²) in [5.41, 5.74) is 0.0113. The van der Waals surface area contributed by atoms with Crippen LogP contribution in [0, 0.1) is 17.2 Å². The Bertz CT molecular complexity index is 1260. The molecule has 9 nitrogen and oxygen atoms in total. The van der Waals surface area contributed by atoms with Crippen molar-refractivity contribution in [3.63, 3.8) is 0 Å². The van der Waals surface area contributed by atoms with Crippen molar-refractivity contribution >= 4 is 22.9 Å². The smallest absolute Gasteiger partial charge is 0.393 e. The number of hydrogen-bond acceptors (Lipinski definition) is 7. The molecule has 0 bridgehead atoms. The van der Waals surface area contributed by atoms with Gasteiger partial charge in [-0.3, -0.25) is 4.79 Å². The molecule has 3 aromatic rings. The summed E-state index contributed by atoms with van der Waals surface area (Å²) in [6, 6.07) is 2.97. The molecule has 3 aromatic heterocycles. The standard InChI is InChI=1S/C23H24F3N7O2/c1-13(34)6-19(35)33-4-2-14(3-5-33)9-30-22-31-10-15(8-27)20(32-22)18-12-29-21-17(18)7-16(11-28-21)23(24,25)26/h7,10-14,34H,2-6,9H2,1H3,(H,28,29)(H,30,31,32)/t13-/m1/s1. The first kappa shape index (κ1) is 24.4. The van der Waals surface area contributed by atoms with Crippen molar-refractivity contribution in [1.82, 2.24) is 24.8 Å². The van der Waals surface area contributed by atoms with Gasteiger partial charge in [0.1, 0.15) is 11.7 Å². The third kappa shape index (κ3) is 5.51. The van der Waals surface area contributed by atoms with Gasteiger partial charge in [0.25, 0.3) is 0 Å². The second-order valence-electron chi connectivity index (χ2n) is 8.65. The molecule has 35 heavy (non-hydrogen) atoms. The fraction of sp³-hybridized carbons (Fsp3) is 0.435. The van der Waals surface area contributed by atoms with Gasteiger partial charge in [-0.15, -0.1) is 0 Å². The number of aromatic nitrogens is 4. The van der Waals surface area contributed by atoms with Crippen LogP contribution in [0.15, 0.2) is 24.7 Å². The van der Waals surface area contributed by atoms with Gasteiger partial charge < -0.3 is 20.3 Å². The summed E-state index contributed by atoms with van der Waals surface area (Å²) in [7, 11) is 0. The van der Waals surface area contributed by atoms with E-state index in [1.165, 1.54) is 12.4 Å². The number of carbonyl (C=O) groups is 1. The average molecular weight is 487 g/mol. The maximum Gasteiger partial charge on any atom is 0.417 e. The number of fused-ring (bicyclic) bond motifs is 1. The number of piperidine rings is 1. The van der Waals surface area contributed by atoms with E-state index in [2.05, 4.69) is 25.3 Å². The molecule has 1 atom stereocenters. The van der Waals surface area contributed by atoms with E-state index in [-0.39, 0.29) is 46.5 Å². The van der Waals surface area contributed by atoms with Crippen molar-refractivity contribution in [2.24, 2.45) is 5.92 Å². The molecular formula is C23H24F3N7O2. The fourth-order valence-electron chi connectivity index (χ4n) is 4.11. The molecule has 0 aliphatic carbocycles. The van der Waals surface area contributed by atoms with Crippen LogP contribution in [-0.2, 0) is 11.0 Å². The van der Waals surface area contributed by atoms with Gasteiger partial charge in [0.2, 0.25) is 11.9 Å². The van der Waals surface area contributed by atoms with Crippen molar-refractivity contribution < 1.29 is 23.1 Å². The summed E-state index contributed by atoms with van der Waals surface area (Å²) < 4.78 is 39.6. The highest BCUT2D eigenvalue weighted by Gasteiger charge is 2.32. The van der Waals surface area contributed by atoms with Gasteiger partial charge in [0, 0.05) is 43.0 Å². The van der Waals surface area contributed by atoms with Crippen LogP contribution in [-0.4, -0.2) is 61.6 Å². The van der Waals surface area contributed by atoms with Gasteiger partial charge in [-0.25, -0.2) is 15.0 Å². The number of aromatic amines is 1. The number of rotatable bonds is 6. The number of nitrogens with one attached hydrogen (secondary N) is 2. The van der Waals surface area contributed by atoms with Gasteiger partial charge in [-0.2, -0.15) is 18.4 Å². The first-order valence-corrected chi connectivity index (χ1v) is 11.2. The van der Waals surface area contributed by atoms with Crippen LogP contribution in [0.4, 0.5) is 19.1 Å². The molecule has 0 spiro atoms. The number of amides is 1. The number of nitrogens with zero attached hydrogens (tertiary/aromatic N) is 5. The van der Waals surface area contributed by atoms with Crippen LogP contribution < -0.4 is 5.32 Å². The maximum atomic E-state index is 13.2. The number of likely N-dealkylation sites (tertiary alicyclic amines) is 1. The zero-order valence-corrected chi connectivity index (χ0v) is 18.9. The molecule has 1 aliphatic rings. The van der Waals surface area contributed by atoms with Gasteiger partial charge >= 0.3 is 6.18 Å². The van der Waals surface area contributed by atoms with Gasteiger partial charge in [-0.05, 0) is 31.7 Å². The minimum atomic E-state index is -4.55. The van der Waals surface area contributed by atoms with Crippen molar-refractivity contribution in [3.8, 4) is 17.3 Å². The molecule has 3 N–H and O–H groups in total. The number of nitriles is 1. The van der Waals surface area contributed by atoms with Gasteiger partial charge in [-0.1, -0.05) is 0 Å². The summed E-state index contributed by atoms with van der Waals surface area (Å²) in [4.78, 5) is 29.1. The van der Waals surface area contributed by atoms with Crippen molar-refractivity contribution in [3.05, 3.63) is 35.8 Å². The minimum Gasteiger partial charge on any atom is -0.393 e. The quantitative estimate of drug-likeness (QED) is 0.486. The summed E-state index contributed by atoms with van der Waals surface area (Å²) in [6.07, 6.45) is 0.00174. The highest BCUT2D eigenvalue weighted by molar-refractivity contribution is 5.94. The average Bonchev–Trinajstić information content (AvgIpc) is 3.25. The molecule has 1 aliphatic heterocycles. The van der Waals surface area contributed by atoms with E-state index >= 15 is 0 Å². The van der Waals surface area contributed by atoms with Crippen molar-refractivity contribution in [2.45, 2.75) is 38.5 Å². The van der Waals surface area contributed by atoms with E-state index in [0.29, 0.717) is 25.2 Å². The second-order valence-corrected chi connectivity index (χ2v) is 8.65. The minimum absolute atomic E-state index is 0.0617. The third-order valence-electron chi connectivity index (χ3n) is 6.01. The number of hydrogen-bond donors (Lipinski definition) is 3. The van der Waals surface area contributed by atoms with E-state index in [4.69, 9.17) is 0 Å². The van der Waals surface area contributed by atoms with E-state index in [1.807, 2.05) is 6.07 Å². The van der Waals surface area contributed by atoms with E-state index in [9.17, 15) is 28.3 Å². The molecule has 0 saturated carbocycles. The second kappa shape index (κ2) is 9.87. The summed E-state index contributed by atoms with van der Waals surface area (Å²) >= 11 is 0. The lowest BCUT2D eigenvalue weighted by Crippen LogP contribution is -2.40. The Hall–Kier alpha value is -3.72. The summed E-state index contributed by atoms with van der Waals surface area (Å²) in [5, 5.41) is 22.3. The van der Waals surface area contributed by atoms with Gasteiger partial charge in [0.15, 0.2) is 0 Å². The zero-order valence-electron chi connectivity index (χ0n) is 18.9. The zero-order chi connectivity index (χ0) is 25.2. The summed E-state index contributed by atoms with van der Waals surface area (Å²) in [5.74, 6) is 0.453. The number of pyridine rings is 1. The lowest BCUT2D eigenvalue weighted by Gasteiger charge is -2.32. The number of alkyl halides is 3. The highest BCUT2D eigenvalue weighted by atomic mass is 19.4. The molecule has 0 unspecified atom stereocenters. The predicted molar refractivity (Wildman–Crippen MR) is 121 cm³/mol. The lowest BCUT2D eigenvalue weighted by molar-refractivity contribution is -0.137. The topological polar surface area (TPSA) is 131 Å². The Balaban J connectivity index is 1.49. The van der Waals surface area contributed by atoms with Crippen LogP contribution in [0.5, 0.6) is 0 Å². The molecular weight excluding hydrogens is 463 g/mol. The molecule has 12 heteroatoms. The first-order valence-electron chi connectivity index (χ1n) is 11.2. The van der Waals surface area contributed by atoms with Crippen molar-refractivity contribution in [2.75, 3.05) is 25.0 Å². The van der Waals surface area contributed by atoms with Crippen molar-refractivity contribution in [1.29, 1.82) is 5.26 Å². The summed E-state index contributed by atoms with van der Waals surface area (Å²) in [6.45, 7) is 3.32. The molecule has 0 aromatic carbocycles. The Kier molecular flexibility index (Phi) is 6.88. The molecule has 4 heterocycles. The predicted octanol–water partition coefficient (Wildman–Crippen LogP) is 3.33. The van der Waals surface area contributed by atoms with Crippen LogP contribution in [0.1, 0.15) is 37.3 Å². The highest BCUT2D eigenvalue weighted by Crippen LogP contribution is 2.34. The van der Waals surface area contributed by atoms with E-state index < -0.39 is 17.8 Å². The molecule has 1 amide bonds. The molecule has 1 saturated heterocycles. The van der Waals surface area contributed by atoms with E-state index in [1.54, 1.807) is 11.8 Å². The fourth-order valence-corrected chi connectivity index (χ4v) is 4.11. The molecule has 4 rings (SSSR count). The molecule has 184 valence electrons. The maximum absolute atomic E-state index is 13.2. The van der Waals surface area contributed by atoms with E-state index in [0.717, 1.165) is 25.1 Å². The van der Waals surface area contributed by atoms with Crippen LogP contribution in [0.25, 0.3) is 22.3 Å². The SMILES string of the molecule is C[C@@H](O)CC(=O)N1CCC(CNc2ncc(C#N)c(-c3c[nH]c4ncc(C(F)(F)F)cc34)n2)CC1.